The topological polar surface area (TPSA) is 110 Å². The van der Waals surface area contributed by atoms with Crippen molar-refractivity contribution in [2.24, 2.45) is 5.92 Å². The molecular formula is C25H28ClN5O4. The van der Waals surface area contributed by atoms with E-state index in [1.165, 1.54) is 0 Å². The summed E-state index contributed by atoms with van der Waals surface area (Å²) < 4.78 is 10.4. The number of hydrogen-bond donors (Lipinski definition) is 2. The van der Waals surface area contributed by atoms with Crippen LogP contribution in [0.5, 0.6) is 0 Å². The summed E-state index contributed by atoms with van der Waals surface area (Å²) >= 11 is 6.05. The zero-order valence-corrected chi connectivity index (χ0v) is 20.3. The van der Waals surface area contributed by atoms with Gasteiger partial charge in [-0.15, -0.1) is 0 Å². The lowest BCUT2D eigenvalue weighted by Gasteiger charge is -2.30. The van der Waals surface area contributed by atoms with Crippen LogP contribution in [0.15, 0.2) is 53.1 Å². The van der Waals surface area contributed by atoms with Crippen molar-refractivity contribution in [3.8, 4) is 11.4 Å². The highest BCUT2D eigenvalue weighted by molar-refractivity contribution is 6.30. The SMILES string of the molecule is COCCNC(=O)c1ccccc1NC(=O)C1CCN(Cc2nc(-c3cccc(Cl)c3)no2)CC1. The molecule has 184 valence electrons. The van der Waals surface area contributed by atoms with Crippen LogP contribution in [0.4, 0.5) is 5.69 Å². The summed E-state index contributed by atoms with van der Waals surface area (Å²) in [4.78, 5) is 32.1. The molecule has 0 spiro atoms. The molecule has 3 aromatic rings. The predicted octanol–water partition coefficient (Wildman–Crippen LogP) is 3.62. The van der Waals surface area contributed by atoms with Crippen molar-refractivity contribution >= 4 is 29.1 Å². The fraction of sp³-hybridized carbons (Fsp3) is 0.360. The van der Waals surface area contributed by atoms with E-state index in [0.717, 1.165) is 18.7 Å². The number of carbonyl (C=O) groups excluding carboxylic acids is 2. The molecule has 2 N–H and O–H groups in total. The molecule has 35 heavy (non-hydrogen) atoms. The molecular weight excluding hydrogens is 470 g/mol. The average molecular weight is 498 g/mol. The Kier molecular flexibility index (Phi) is 8.46. The molecule has 10 heteroatoms. The number of anilines is 1. The Morgan fingerprint density at radius 1 is 1.17 bits per heavy atom. The van der Waals surface area contributed by atoms with Crippen LogP contribution in [0.2, 0.25) is 5.02 Å². The number of amides is 2. The van der Waals surface area contributed by atoms with Gasteiger partial charge in [-0.3, -0.25) is 14.5 Å². The van der Waals surface area contributed by atoms with Gasteiger partial charge in [0.05, 0.1) is 24.4 Å². The number of ether oxygens (including phenoxy) is 1. The van der Waals surface area contributed by atoms with Crippen molar-refractivity contribution < 1.29 is 18.8 Å². The first-order valence-electron chi connectivity index (χ1n) is 11.5. The van der Waals surface area contributed by atoms with E-state index >= 15 is 0 Å². The van der Waals surface area contributed by atoms with E-state index in [-0.39, 0.29) is 17.7 Å². The number of methoxy groups -OCH3 is 1. The summed E-state index contributed by atoms with van der Waals surface area (Å²) in [6.45, 7) is 2.80. The number of carbonyl (C=O) groups is 2. The summed E-state index contributed by atoms with van der Waals surface area (Å²) in [6.07, 6.45) is 1.40. The highest BCUT2D eigenvalue weighted by Crippen LogP contribution is 2.24. The summed E-state index contributed by atoms with van der Waals surface area (Å²) in [5.74, 6) is 0.561. The van der Waals surface area contributed by atoms with E-state index in [9.17, 15) is 9.59 Å². The quantitative estimate of drug-likeness (QED) is 0.434. The first-order chi connectivity index (χ1) is 17.0. The van der Waals surface area contributed by atoms with Crippen molar-refractivity contribution in [1.29, 1.82) is 0 Å². The zero-order valence-electron chi connectivity index (χ0n) is 19.5. The second-order valence-electron chi connectivity index (χ2n) is 8.36. The van der Waals surface area contributed by atoms with Crippen molar-refractivity contribution in [2.75, 3.05) is 38.7 Å². The predicted molar refractivity (Wildman–Crippen MR) is 132 cm³/mol. The molecule has 1 fully saturated rings. The maximum Gasteiger partial charge on any atom is 0.253 e. The number of para-hydroxylation sites is 1. The van der Waals surface area contributed by atoms with Gasteiger partial charge in [0.2, 0.25) is 17.6 Å². The van der Waals surface area contributed by atoms with Gasteiger partial charge in [-0.1, -0.05) is 41.0 Å². The van der Waals surface area contributed by atoms with Crippen LogP contribution >= 0.6 is 11.6 Å². The lowest BCUT2D eigenvalue weighted by molar-refractivity contribution is -0.121. The molecule has 4 rings (SSSR count). The highest BCUT2D eigenvalue weighted by Gasteiger charge is 2.27. The van der Waals surface area contributed by atoms with Crippen molar-refractivity contribution in [3.05, 3.63) is 65.0 Å². The number of halogens is 1. The zero-order chi connectivity index (χ0) is 24.6. The molecule has 9 nitrogen and oxygen atoms in total. The van der Waals surface area contributed by atoms with E-state index < -0.39 is 0 Å². The standard InChI is InChI=1S/C25H28ClN5O4/c1-34-14-11-27-25(33)20-7-2-3-8-21(20)28-24(32)17-9-12-31(13-10-17)16-22-29-23(30-35-22)18-5-4-6-19(26)15-18/h2-8,15,17H,9-14,16H2,1H3,(H,27,33)(H,28,32). The molecule has 0 unspecified atom stereocenters. The van der Waals surface area contributed by atoms with Gasteiger partial charge in [-0.25, -0.2) is 0 Å². The van der Waals surface area contributed by atoms with Crippen LogP contribution in [0.3, 0.4) is 0 Å². The van der Waals surface area contributed by atoms with E-state index in [4.69, 9.17) is 20.9 Å². The van der Waals surface area contributed by atoms with Crippen molar-refractivity contribution in [3.63, 3.8) is 0 Å². The number of aromatic nitrogens is 2. The van der Waals surface area contributed by atoms with Gasteiger partial charge in [0, 0.05) is 30.2 Å². The number of rotatable bonds is 9. The van der Waals surface area contributed by atoms with Gasteiger partial charge in [-0.2, -0.15) is 4.98 Å². The van der Waals surface area contributed by atoms with Crippen LogP contribution in [-0.4, -0.2) is 60.2 Å². The number of likely N-dealkylation sites (tertiary alicyclic amines) is 1. The Bertz CT molecular complexity index is 1160. The minimum atomic E-state index is -0.246. The molecule has 1 aliphatic heterocycles. The van der Waals surface area contributed by atoms with Crippen LogP contribution in [0.1, 0.15) is 29.1 Å². The summed E-state index contributed by atoms with van der Waals surface area (Å²) in [5.41, 5.74) is 1.74. The fourth-order valence-corrected chi connectivity index (χ4v) is 4.19. The van der Waals surface area contributed by atoms with E-state index in [1.807, 2.05) is 12.1 Å². The van der Waals surface area contributed by atoms with E-state index in [1.54, 1.807) is 43.5 Å². The fourth-order valence-electron chi connectivity index (χ4n) is 4.00. The monoisotopic (exact) mass is 497 g/mol. The molecule has 2 heterocycles. The second-order valence-corrected chi connectivity index (χ2v) is 8.79. The summed E-state index contributed by atoms with van der Waals surface area (Å²) in [6, 6.07) is 14.3. The first kappa shape index (κ1) is 24.8. The lowest BCUT2D eigenvalue weighted by atomic mass is 9.95. The smallest absolute Gasteiger partial charge is 0.253 e. The molecule has 0 atom stereocenters. The molecule has 0 aliphatic carbocycles. The van der Waals surface area contributed by atoms with Gasteiger partial charge in [-0.05, 0) is 50.2 Å². The summed E-state index contributed by atoms with van der Waals surface area (Å²) in [5, 5.41) is 10.4. The van der Waals surface area contributed by atoms with Crippen molar-refractivity contribution in [2.45, 2.75) is 19.4 Å². The molecule has 1 aliphatic rings. The van der Waals surface area contributed by atoms with Crippen molar-refractivity contribution in [1.82, 2.24) is 20.4 Å². The van der Waals surface area contributed by atoms with Crippen LogP contribution in [0.25, 0.3) is 11.4 Å². The highest BCUT2D eigenvalue weighted by atomic mass is 35.5. The summed E-state index contributed by atoms with van der Waals surface area (Å²) in [7, 11) is 1.58. The van der Waals surface area contributed by atoms with E-state index in [0.29, 0.717) is 60.5 Å². The number of nitrogens with zero attached hydrogens (tertiary/aromatic N) is 3. The average Bonchev–Trinajstić information content (AvgIpc) is 3.33. The molecule has 0 saturated carbocycles. The number of nitrogens with one attached hydrogen (secondary N) is 2. The van der Waals surface area contributed by atoms with Gasteiger partial charge in [0.15, 0.2) is 0 Å². The van der Waals surface area contributed by atoms with Crippen LogP contribution in [-0.2, 0) is 16.1 Å². The third-order valence-corrected chi connectivity index (χ3v) is 6.12. The molecule has 0 bridgehead atoms. The minimum absolute atomic E-state index is 0.0807. The second kappa shape index (κ2) is 11.9. The molecule has 2 aromatic carbocycles. The number of benzene rings is 2. The Morgan fingerprint density at radius 2 is 1.97 bits per heavy atom. The van der Waals surface area contributed by atoms with E-state index in [2.05, 4.69) is 25.7 Å². The number of hydrogen-bond acceptors (Lipinski definition) is 7. The Hall–Kier alpha value is -3.27. The molecule has 1 aromatic heterocycles. The number of piperidine rings is 1. The molecule has 2 amide bonds. The molecule has 1 saturated heterocycles. The maximum atomic E-state index is 12.9. The van der Waals surface area contributed by atoms with Crippen LogP contribution < -0.4 is 10.6 Å². The third-order valence-electron chi connectivity index (χ3n) is 5.89. The molecule has 0 radical (unpaired) electrons. The first-order valence-corrected chi connectivity index (χ1v) is 11.9. The Labute approximate surface area is 208 Å². The normalized spacial score (nSPS) is 14.6. The minimum Gasteiger partial charge on any atom is -0.383 e. The maximum absolute atomic E-state index is 12.9. The van der Waals surface area contributed by atoms with Crippen LogP contribution in [0, 0.1) is 5.92 Å². The van der Waals surface area contributed by atoms with Gasteiger partial charge < -0.3 is 19.9 Å². The van der Waals surface area contributed by atoms with Gasteiger partial charge in [0.1, 0.15) is 0 Å². The third kappa shape index (κ3) is 6.66. The largest absolute Gasteiger partial charge is 0.383 e. The Balaban J connectivity index is 1.29. The van der Waals surface area contributed by atoms with Gasteiger partial charge in [0.25, 0.3) is 5.91 Å². The van der Waals surface area contributed by atoms with Gasteiger partial charge >= 0.3 is 0 Å². The Morgan fingerprint density at radius 3 is 2.74 bits per heavy atom. The lowest BCUT2D eigenvalue weighted by Crippen LogP contribution is -2.38.